The van der Waals surface area contributed by atoms with Crippen LogP contribution in [0.5, 0.6) is 0 Å². The summed E-state index contributed by atoms with van der Waals surface area (Å²) in [4.78, 5) is 15.7. The van der Waals surface area contributed by atoms with Gasteiger partial charge in [0, 0.05) is 42.3 Å². The molecule has 3 heterocycles. The fraction of sp³-hybridized carbons (Fsp3) is 0.231. The molecule has 4 rings (SSSR count). The molecule has 0 fully saturated rings. The van der Waals surface area contributed by atoms with Crippen molar-refractivity contribution >= 4 is 22.5 Å². The van der Waals surface area contributed by atoms with Crippen LogP contribution in [0.25, 0.3) is 10.9 Å². The molecule has 0 radical (unpaired) electrons. The molecule has 2 aliphatic heterocycles. The Morgan fingerprint density at radius 2 is 2.22 bits per heavy atom. The third-order valence-electron chi connectivity index (χ3n) is 3.58. The van der Waals surface area contributed by atoms with Gasteiger partial charge in [-0.15, -0.1) is 0 Å². The highest BCUT2D eigenvalue weighted by molar-refractivity contribution is 6.21. The molecule has 1 aromatic heterocycles. The average Bonchev–Trinajstić information content (AvgIpc) is 2.71. The van der Waals surface area contributed by atoms with Crippen molar-refractivity contribution in [3.63, 3.8) is 0 Å². The Morgan fingerprint density at radius 1 is 1.33 bits per heavy atom. The number of nitrogens with zero attached hydrogens (tertiary/aromatic N) is 2. The molecule has 5 nitrogen and oxygen atoms in total. The first kappa shape index (κ1) is 9.85. The quantitative estimate of drug-likeness (QED) is 0.723. The van der Waals surface area contributed by atoms with Gasteiger partial charge >= 0.3 is 0 Å². The Hall–Kier alpha value is -2.14. The SMILES string of the molecule is CN1N=C2CNCc3[nH]c4cccc(c4c32)C1=O. The minimum atomic E-state index is -0.0516. The summed E-state index contributed by atoms with van der Waals surface area (Å²) in [5.41, 5.74) is 4.90. The van der Waals surface area contributed by atoms with E-state index in [1.54, 1.807) is 7.05 Å². The van der Waals surface area contributed by atoms with E-state index in [2.05, 4.69) is 15.4 Å². The number of hydrogen-bond acceptors (Lipinski definition) is 3. The highest BCUT2D eigenvalue weighted by Crippen LogP contribution is 2.31. The largest absolute Gasteiger partial charge is 0.357 e. The molecule has 0 aliphatic carbocycles. The summed E-state index contributed by atoms with van der Waals surface area (Å²) < 4.78 is 0. The Kier molecular flexibility index (Phi) is 1.75. The van der Waals surface area contributed by atoms with Gasteiger partial charge in [-0.05, 0) is 12.1 Å². The second-order valence-electron chi connectivity index (χ2n) is 4.69. The zero-order valence-electron chi connectivity index (χ0n) is 9.95. The Labute approximate surface area is 103 Å². The van der Waals surface area contributed by atoms with Gasteiger partial charge in [0.05, 0.1) is 11.3 Å². The number of benzene rings is 1. The monoisotopic (exact) mass is 240 g/mol. The summed E-state index contributed by atoms with van der Waals surface area (Å²) in [6.07, 6.45) is 0. The van der Waals surface area contributed by atoms with E-state index in [1.165, 1.54) is 5.01 Å². The molecule has 90 valence electrons. The first-order valence-corrected chi connectivity index (χ1v) is 5.96. The normalized spacial score (nSPS) is 17.9. The van der Waals surface area contributed by atoms with Crippen LogP contribution in [0.3, 0.4) is 0 Å². The van der Waals surface area contributed by atoms with E-state index in [1.807, 2.05) is 18.2 Å². The molecule has 18 heavy (non-hydrogen) atoms. The van der Waals surface area contributed by atoms with Crippen molar-refractivity contribution in [1.29, 1.82) is 0 Å². The molecule has 0 unspecified atom stereocenters. The van der Waals surface area contributed by atoms with Crippen molar-refractivity contribution in [2.24, 2.45) is 5.10 Å². The molecule has 0 saturated heterocycles. The van der Waals surface area contributed by atoms with Crippen LogP contribution >= 0.6 is 0 Å². The van der Waals surface area contributed by atoms with Crippen LogP contribution in [0.2, 0.25) is 0 Å². The summed E-state index contributed by atoms with van der Waals surface area (Å²) >= 11 is 0. The highest BCUT2D eigenvalue weighted by atomic mass is 16.2. The van der Waals surface area contributed by atoms with Crippen LogP contribution in [0.1, 0.15) is 21.6 Å². The van der Waals surface area contributed by atoms with Crippen molar-refractivity contribution in [1.82, 2.24) is 15.3 Å². The fourth-order valence-electron chi connectivity index (χ4n) is 2.81. The van der Waals surface area contributed by atoms with E-state index >= 15 is 0 Å². The van der Waals surface area contributed by atoms with Gasteiger partial charge in [0.25, 0.3) is 5.91 Å². The van der Waals surface area contributed by atoms with Crippen molar-refractivity contribution in [3.05, 3.63) is 35.0 Å². The van der Waals surface area contributed by atoms with Gasteiger partial charge in [0.2, 0.25) is 0 Å². The lowest BCUT2D eigenvalue weighted by molar-refractivity contribution is 0.0802. The zero-order valence-corrected chi connectivity index (χ0v) is 9.95. The molecule has 2 aliphatic rings. The molecule has 1 aromatic carbocycles. The van der Waals surface area contributed by atoms with Crippen LogP contribution in [0.15, 0.2) is 23.3 Å². The maximum absolute atomic E-state index is 12.3. The predicted molar refractivity (Wildman–Crippen MR) is 68.6 cm³/mol. The lowest BCUT2D eigenvalue weighted by atomic mass is 9.99. The maximum atomic E-state index is 12.3. The molecule has 2 N–H and O–H groups in total. The van der Waals surface area contributed by atoms with E-state index in [0.29, 0.717) is 6.54 Å². The highest BCUT2D eigenvalue weighted by Gasteiger charge is 2.28. The first-order valence-electron chi connectivity index (χ1n) is 5.96. The number of amides is 1. The van der Waals surface area contributed by atoms with Gasteiger partial charge in [-0.1, -0.05) is 6.07 Å². The van der Waals surface area contributed by atoms with Gasteiger partial charge in [0.15, 0.2) is 0 Å². The average molecular weight is 240 g/mol. The third kappa shape index (κ3) is 1.09. The maximum Gasteiger partial charge on any atom is 0.274 e. The van der Waals surface area contributed by atoms with Crippen LogP contribution < -0.4 is 5.32 Å². The molecule has 5 heteroatoms. The van der Waals surface area contributed by atoms with Gasteiger partial charge < -0.3 is 10.3 Å². The van der Waals surface area contributed by atoms with Gasteiger partial charge in [-0.2, -0.15) is 5.10 Å². The summed E-state index contributed by atoms with van der Waals surface area (Å²) in [6, 6.07) is 5.78. The number of rotatable bonds is 0. The molecule has 2 aromatic rings. The van der Waals surface area contributed by atoms with Crippen molar-refractivity contribution in [2.75, 3.05) is 13.6 Å². The van der Waals surface area contributed by atoms with Gasteiger partial charge in [-0.3, -0.25) is 4.79 Å². The lowest BCUT2D eigenvalue weighted by Gasteiger charge is -2.16. The van der Waals surface area contributed by atoms with Gasteiger partial charge in [-0.25, -0.2) is 5.01 Å². The number of nitrogens with one attached hydrogen (secondary N) is 2. The van der Waals surface area contributed by atoms with E-state index in [0.717, 1.165) is 40.0 Å². The van der Waals surface area contributed by atoms with E-state index in [4.69, 9.17) is 0 Å². The molecular weight excluding hydrogens is 228 g/mol. The summed E-state index contributed by atoms with van der Waals surface area (Å²) in [7, 11) is 1.71. The lowest BCUT2D eigenvalue weighted by Crippen LogP contribution is -2.31. The minimum absolute atomic E-state index is 0.0516. The summed E-state index contributed by atoms with van der Waals surface area (Å²) in [5, 5.41) is 10.2. The predicted octanol–water partition coefficient (Wildman–Crippen LogP) is 1.06. The van der Waals surface area contributed by atoms with Crippen LogP contribution in [0, 0.1) is 0 Å². The fourth-order valence-corrected chi connectivity index (χ4v) is 2.81. The summed E-state index contributed by atoms with van der Waals surface area (Å²) in [6.45, 7) is 1.49. The Balaban J connectivity index is 2.21. The number of hydrazone groups is 1. The molecule has 0 spiro atoms. The van der Waals surface area contributed by atoms with Crippen molar-refractivity contribution < 1.29 is 4.79 Å². The smallest absolute Gasteiger partial charge is 0.274 e. The van der Waals surface area contributed by atoms with E-state index < -0.39 is 0 Å². The number of H-pyrrole nitrogens is 1. The summed E-state index contributed by atoms with van der Waals surface area (Å²) in [5.74, 6) is -0.0516. The second-order valence-corrected chi connectivity index (χ2v) is 4.69. The number of carbonyl (C=O) groups is 1. The Morgan fingerprint density at radius 3 is 3.11 bits per heavy atom. The standard InChI is InChI=1S/C13H12N4O/c1-17-13(18)7-3-2-4-8-11(7)12-9(15-8)5-14-6-10(12)16-17/h2-4,14-15H,5-6H2,1H3. The van der Waals surface area contributed by atoms with Crippen LogP contribution in [0.4, 0.5) is 0 Å². The first-order chi connectivity index (χ1) is 8.75. The van der Waals surface area contributed by atoms with Crippen molar-refractivity contribution in [2.45, 2.75) is 6.54 Å². The molecule has 0 atom stereocenters. The number of aromatic nitrogens is 1. The molecule has 0 bridgehead atoms. The molecule has 0 saturated carbocycles. The van der Waals surface area contributed by atoms with E-state index in [-0.39, 0.29) is 5.91 Å². The topological polar surface area (TPSA) is 60.5 Å². The molecular formula is C13H12N4O. The number of carbonyl (C=O) groups excluding carboxylic acids is 1. The second kappa shape index (κ2) is 3.20. The minimum Gasteiger partial charge on any atom is -0.357 e. The van der Waals surface area contributed by atoms with Crippen LogP contribution in [-0.4, -0.2) is 35.2 Å². The van der Waals surface area contributed by atoms with Crippen LogP contribution in [-0.2, 0) is 6.54 Å². The third-order valence-corrected chi connectivity index (χ3v) is 3.58. The van der Waals surface area contributed by atoms with Gasteiger partial charge in [0.1, 0.15) is 0 Å². The number of hydrogen-bond donors (Lipinski definition) is 2. The van der Waals surface area contributed by atoms with E-state index in [9.17, 15) is 4.79 Å². The number of aromatic amines is 1. The zero-order chi connectivity index (χ0) is 12.3. The molecule has 1 amide bonds. The van der Waals surface area contributed by atoms with Crippen molar-refractivity contribution in [3.8, 4) is 0 Å². The Bertz CT molecular complexity index is 713.